The zero-order chi connectivity index (χ0) is 13.4. The quantitative estimate of drug-likeness (QED) is 0.575. The van der Waals surface area contributed by atoms with Gasteiger partial charge in [0.2, 0.25) is 5.91 Å². The predicted octanol–water partition coefficient (Wildman–Crippen LogP) is 2.98. The largest absolute Gasteiger partial charge is 0.392 e. The summed E-state index contributed by atoms with van der Waals surface area (Å²) in [6.07, 6.45) is 3.56. The third-order valence-electron chi connectivity index (χ3n) is 2.94. The van der Waals surface area contributed by atoms with Crippen LogP contribution in [-0.4, -0.2) is 17.1 Å². The molecule has 1 rings (SSSR count). The Labute approximate surface area is 109 Å². The van der Waals surface area contributed by atoms with Gasteiger partial charge in [-0.2, -0.15) is 0 Å². The highest BCUT2D eigenvalue weighted by molar-refractivity contribution is 5.92. The van der Waals surface area contributed by atoms with Gasteiger partial charge in [0.05, 0.1) is 12.0 Å². The molecule has 0 saturated carbocycles. The molecule has 0 aromatic heterocycles. The van der Waals surface area contributed by atoms with Gasteiger partial charge in [0.15, 0.2) is 0 Å². The van der Waals surface area contributed by atoms with E-state index in [9.17, 15) is 9.90 Å². The molecule has 98 valence electrons. The number of allylic oxidation sites excluding steroid dienone is 1. The van der Waals surface area contributed by atoms with Gasteiger partial charge in [0.25, 0.3) is 0 Å². The molecule has 1 aromatic rings. The molecule has 1 aromatic carbocycles. The summed E-state index contributed by atoms with van der Waals surface area (Å²) in [4.78, 5) is 11.9. The highest BCUT2D eigenvalue weighted by atomic mass is 16.3. The molecule has 0 aliphatic rings. The second-order valence-corrected chi connectivity index (χ2v) is 4.43. The minimum Gasteiger partial charge on any atom is -0.392 e. The van der Waals surface area contributed by atoms with Crippen LogP contribution in [0.2, 0.25) is 0 Å². The third-order valence-corrected chi connectivity index (χ3v) is 2.94. The van der Waals surface area contributed by atoms with Crippen LogP contribution >= 0.6 is 0 Å². The summed E-state index contributed by atoms with van der Waals surface area (Å²) >= 11 is 0. The molecule has 18 heavy (non-hydrogen) atoms. The van der Waals surface area contributed by atoms with Crippen molar-refractivity contribution in [1.29, 1.82) is 0 Å². The van der Waals surface area contributed by atoms with Gasteiger partial charge in [-0.15, -0.1) is 6.58 Å². The molecular weight excluding hydrogens is 226 g/mol. The van der Waals surface area contributed by atoms with Crippen molar-refractivity contribution >= 4 is 11.6 Å². The molecule has 0 unspecified atom stereocenters. The molecule has 1 amide bonds. The van der Waals surface area contributed by atoms with Gasteiger partial charge in [0, 0.05) is 5.69 Å². The van der Waals surface area contributed by atoms with Crippen molar-refractivity contribution in [2.45, 2.75) is 32.3 Å². The second kappa shape index (κ2) is 7.67. The van der Waals surface area contributed by atoms with Crippen LogP contribution in [0, 0.1) is 5.92 Å². The predicted molar refractivity (Wildman–Crippen MR) is 74.3 cm³/mol. The average molecular weight is 247 g/mol. The molecule has 0 fully saturated rings. The Morgan fingerprint density at radius 2 is 2.11 bits per heavy atom. The van der Waals surface area contributed by atoms with Gasteiger partial charge in [-0.05, 0) is 31.4 Å². The Morgan fingerprint density at radius 3 is 2.72 bits per heavy atom. The third kappa shape index (κ3) is 4.72. The van der Waals surface area contributed by atoms with Crippen molar-refractivity contribution in [3.8, 4) is 0 Å². The minimum atomic E-state index is -0.603. The van der Waals surface area contributed by atoms with Crippen LogP contribution in [0.3, 0.4) is 0 Å². The number of para-hydroxylation sites is 1. The number of carbonyl (C=O) groups is 1. The fourth-order valence-corrected chi connectivity index (χ4v) is 1.67. The fraction of sp³-hybridized carbons (Fsp3) is 0.400. The van der Waals surface area contributed by atoms with Crippen molar-refractivity contribution in [1.82, 2.24) is 0 Å². The summed E-state index contributed by atoms with van der Waals surface area (Å²) < 4.78 is 0. The number of aliphatic hydroxyl groups excluding tert-OH is 1. The number of rotatable bonds is 7. The van der Waals surface area contributed by atoms with Crippen molar-refractivity contribution in [3.05, 3.63) is 43.0 Å². The zero-order valence-electron chi connectivity index (χ0n) is 10.8. The Morgan fingerprint density at radius 1 is 1.44 bits per heavy atom. The SMILES string of the molecule is C=CCCC[C@H](O)[C@@H](C)C(=O)Nc1ccccc1. The van der Waals surface area contributed by atoms with Crippen LogP contribution < -0.4 is 5.32 Å². The summed E-state index contributed by atoms with van der Waals surface area (Å²) in [5.74, 6) is -0.553. The van der Waals surface area contributed by atoms with E-state index in [1.807, 2.05) is 36.4 Å². The molecule has 0 radical (unpaired) electrons. The number of hydrogen-bond acceptors (Lipinski definition) is 2. The maximum atomic E-state index is 11.9. The number of unbranched alkanes of at least 4 members (excludes halogenated alkanes) is 1. The van der Waals surface area contributed by atoms with E-state index in [1.165, 1.54) is 0 Å². The molecule has 0 bridgehead atoms. The van der Waals surface area contributed by atoms with Crippen LogP contribution in [0.4, 0.5) is 5.69 Å². The van der Waals surface area contributed by atoms with Gasteiger partial charge < -0.3 is 10.4 Å². The molecule has 0 saturated heterocycles. The lowest BCUT2D eigenvalue weighted by Crippen LogP contribution is -2.30. The van der Waals surface area contributed by atoms with E-state index >= 15 is 0 Å². The monoisotopic (exact) mass is 247 g/mol. The first-order valence-corrected chi connectivity index (χ1v) is 6.30. The number of benzene rings is 1. The van der Waals surface area contributed by atoms with Crippen LogP contribution in [0.1, 0.15) is 26.2 Å². The molecule has 0 aliphatic carbocycles. The normalized spacial score (nSPS) is 13.7. The summed E-state index contributed by atoms with van der Waals surface area (Å²) in [7, 11) is 0. The first-order chi connectivity index (χ1) is 8.65. The van der Waals surface area contributed by atoms with Crippen LogP contribution in [0.5, 0.6) is 0 Å². The van der Waals surface area contributed by atoms with E-state index < -0.39 is 12.0 Å². The molecule has 0 aliphatic heterocycles. The molecule has 3 heteroatoms. The number of carbonyl (C=O) groups excluding carboxylic acids is 1. The number of anilines is 1. The summed E-state index contributed by atoms with van der Waals surface area (Å²) in [6, 6.07) is 9.27. The smallest absolute Gasteiger partial charge is 0.229 e. The first-order valence-electron chi connectivity index (χ1n) is 6.30. The van der Waals surface area contributed by atoms with E-state index in [1.54, 1.807) is 6.92 Å². The van der Waals surface area contributed by atoms with Gasteiger partial charge >= 0.3 is 0 Å². The zero-order valence-corrected chi connectivity index (χ0v) is 10.8. The lowest BCUT2D eigenvalue weighted by molar-refractivity contribution is -0.122. The minimum absolute atomic E-state index is 0.146. The lowest BCUT2D eigenvalue weighted by Gasteiger charge is -2.18. The molecule has 0 heterocycles. The Bertz CT molecular complexity index is 375. The highest BCUT2D eigenvalue weighted by Gasteiger charge is 2.21. The summed E-state index contributed by atoms with van der Waals surface area (Å²) in [5.41, 5.74) is 0.757. The number of aliphatic hydroxyl groups is 1. The molecular formula is C15H21NO2. The molecule has 3 nitrogen and oxygen atoms in total. The summed E-state index contributed by atoms with van der Waals surface area (Å²) in [5, 5.41) is 12.7. The maximum Gasteiger partial charge on any atom is 0.229 e. The van der Waals surface area contributed by atoms with Crippen LogP contribution in [0.25, 0.3) is 0 Å². The molecule has 2 atom stereocenters. The Balaban J connectivity index is 2.43. The van der Waals surface area contributed by atoms with E-state index in [-0.39, 0.29) is 5.91 Å². The second-order valence-electron chi connectivity index (χ2n) is 4.43. The lowest BCUT2D eigenvalue weighted by atomic mass is 9.98. The van der Waals surface area contributed by atoms with Gasteiger partial charge in [0.1, 0.15) is 0 Å². The topological polar surface area (TPSA) is 49.3 Å². The summed E-state index contributed by atoms with van der Waals surface area (Å²) in [6.45, 7) is 5.38. The van der Waals surface area contributed by atoms with Gasteiger partial charge in [-0.1, -0.05) is 31.2 Å². The van der Waals surface area contributed by atoms with Crippen molar-refractivity contribution in [2.75, 3.05) is 5.32 Å². The van der Waals surface area contributed by atoms with Crippen molar-refractivity contribution in [2.24, 2.45) is 5.92 Å². The van der Waals surface area contributed by atoms with Crippen LogP contribution in [0.15, 0.2) is 43.0 Å². The van der Waals surface area contributed by atoms with Gasteiger partial charge in [-0.25, -0.2) is 0 Å². The number of amides is 1. The number of nitrogens with one attached hydrogen (secondary N) is 1. The molecule has 2 N–H and O–H groups in total. The van der Waals surface area contributed by atoms with Crippen LogP contribution in [-0.2, 0) is 4.79 Å². The standard InChI is InChI=1S/C15H21NO2/c1-3-4-6-11-14(17)12(2)15(18)16-13-9-7-5-8-10-13/h3,5,7-10,12,14,17H,1,4,6,11H2,2H3,(H,16,18)/t12-,14+/m1/s1. The van der Waals surface area contributed by atoms with E-state index in [4.69, 9.17) is 0 Å². The van der Waals surface area contributed by atoms with E-state index in [2.05, 4.69) is 11.9 Å². The van der Waals surface area contributed by atoms with Crippen molar-refractivity contribution in [3.63, 3.8) is 0 Å². The van der Waals surface area contributed by atoms with Crippen molar-refractivity contribution < 1.29 is 9.90 Å². The van der Waals surface area contributed by atoms with Gasteiger partial charge in [-0.3, -0.25) is 4.79 Å². The fourth-order valence-electron chi connectivity index (χ4n) is 1.67. The number of hydrogen-bond donors (Lipinski definition) is 2. The van der Waals surface area contributed by atoms with E-state index in [0.29, 0.717) is 6.42 Å². The Kier molecular flexibility index (Phi) is 6.15. The Hall–Kier alpha value is -1.61. The average Bonchev–Trinajstić information content (AvgIpc) is 2.39. The first kappa shape index (κ1) is 14.5. The molecule has 0 spiro atoms. The van der Waals surface area contributed by atoms with E-state index in [0.717, 1.165) is 18.5 Å². The highest BCUT2D eigenvalue weighted by Crippen LogP contribution is 2.14. The maximum absolute atomic E-state index is 11.9.